The van der Waals surface area contributed by atoms with E-state index in [0.717, 1.165) is 0 Å². The molecule has 1 aromatic heterocycles. The first-order chi connectivity index (χ1) is 7.20. The van der Waals surface area contributed by atoms with E-state index in [1.54, 1.807) is 18.2 Å². The second kappa shape index (κ2) is 4.33. The van der Waals surface area contributed by atoms with Crippen molar-refractivity contribution in [2.24, 2.45) is 0 Å². The molecule has 15 heavy (non-hydrogen) atoms. The zero-order valence-electron chi connectivity index (χ0n) is 7.51. The van der Waals surface area contributed by atoms with Gasteiger partial charge < -0.3 is 4.52 Å². The second-order valence-electron chi connectivity index (χ2n) is 2.94. The molecule has 0 spiro atoms. The van der Waals surface area contributed by atoms with Crippen LogP contribution in [0.25, 0.3) is 11.3 Å². The molecule has 1 heterocycles. The Kier molecular flexibility index (Phi) is 3.07. The molecule has 0 radical (unpaired) electrons. The molecule has 2 aromatic rings. The smallest absolute Gasteiger partial charge is 0.147 e. The molecular formula is C10H6BrClFNO. The van der Waals surface area contributed by atoms with Crippen LogP contribution in [0.5, 0.6) is 0 Å². The van der Waals surface area contributed by atoms with Crippen molar-refractivity contribution in [1.29, 1.82) is 0 Å². The van der Waals surface area contributed by atoms with Gasteiger partial charge in [0.2, 0.25) is 0 Å². The lowest BCUT2D eigenvalue weighted by molar-refractivity contribution is 0.397. The molecule has 0 bridgehead atoms. The third-order valence-corrected chi connectivity index (χ3v) is 2.69. The lowest BCUT2D eigenvalue weighted by atomic mass is 10.1. The molecule has 0 aliphatic rings. The lowest BCUT2D eigenvalue weighted by Crippen LogP contribution is -1.83. The van der Waals surface area contributed by atoms with Crippen molar-refractivity contribution in [3.63, 3.8) is 0 Å². The van der Waals surface area contributed by atoms with E-state index in [1.807, 2.05) is 0 Å². The van der Waals surface area contributed by atoms with Gasteiger partial charge in [0.25, 0.3) is 0 Å². The van der Waals surface area contributed by atoms with Crippen LogP contribution < -0.4 is 0 Å². The Labute approximate surface area is 99.2 Å². The molecule has 0 aliphatic heterocycles. The lowest BCUT2D eigenvalue weighted by Gasteiger charge is -1.97. The van der Waals surface area contributed by atoms with Gasteiger partial charge in [0, 0.05) is 16.7 Å². The Balaban J connectivity index is 2.44. The minimum atomic E-state index is -0.406. The van der Waals surface area contributed by atoms with Crippen molar-refractivity contribution in [3.05, 3.63) is 40.9 Å². The largest absolute Gasteiger partial charge is 0.360 e. The van der Waals surface area contributed by atoms with Crippen molar-refractivity contribution in [2.45, 2.75) is 5.33 Å². The molecule has 1 aromatic carbocycles. The first-order valence-corrected chi connectivity index (χ1v) is 5.67. The van der Waals surface area contributed by atoms with Crippen LogP contribution in [-0.2, 0) is 5.33 Å². The monoisotopic (exact) mass is 289 g/mol. The highest BCUT2D eigenvalue weighted by Crippen LogP contribution is 2.25. The van der Waals surface area contributed by atoms with Crippen LogP contribution in [-0.4, -0.2) is 5.16 Å². The van der Waals surface area contributed by atoms with Gasteiger partial charge >= 0.3 is 0 Å². The van der Waals surface area contributed by atoms with Gasteiger partial charge in [0.1, 0.15) is 17.3 Å². The third-order valence-electron chi connectivity index (χ3n) is 1.90. The van der Waals surface area contributed by atoms with E-state index in [9.17, 15) is 4.39 Å². The molecule has 5 heteroatoms. The zero-order chi connectivity index (χ0) is 10.8. The minimum Gasteiger partial charge on any atom is -0.360 e. The van der Waals surface area contributed by atoms with E-state index in [-0.39, 0.29) is 0 Å². The number of aromatic nitrogens is 1. The maximum atomic E-state index is 13.5. The molecule has 0 fully saturated rings. The predicted octanol–water partition coefficient (Wildman–Crippen LogP) is 4.03. The van der Waals surface area contributed by atoms with Gasteiger partial charge in [-0.25, -0.2) is 4.39 Å². The van der Waals surface area contributed by atoms with Crippen molar-refractivity contribution < 1.29 is 8.91 Å². The van der Waals surface area contributed by atoms with E-state index in [2.05, 4.69) is 21.1 Å². The van der Waals surface area contributed by atoms with Crippen molar-refractivity contribution >= 4 is 27.5 Å². The van der Waals surface area contributed by atoms with Gasteiger partial charge in [-0.15, -0.1) is 0 Å². The summed E-state index contributed by atoms with van der Waals surface area (Å²) in [6.07, 6.45) is 0. The molecule has 0 unspecified atom stereocenters. The Bertz CT molecular complexity index is 486. The number of hydrogen-bond donors (Lipinski definition) is 0. The van der Waals surface area contributed by atoms with Gasteiger partial charge in [-0.05, 0) is 18.2 Å². The molecule has 0 atom stereocenters. The van der Waals surface area contributed by atoms with E-state index >= 15 is 0 Å². The first-order valence-electron chi connectivity index (χ1n) is 4.17. The van der Waals surface area contributed by atoms with E-state index in [0.29, 0.717) is 27.4 Å². The van der Waals surface area contributed by atoms with Crippen LogP contribution in [0, 0.1) is 5.82 Å². The summed E-state index contributed by atoms with van der Waals surface area (Å²) < 4.78 is 18.4. The number of nitrogens with zero attached hydrogens (tertiary/aromatic N) is 1. The van der Waals surface area contributed by atoms with Crippen molar-refractivity contribution in [2.75, 3.05) is 0 Å². The topological polar surface area (TPSA) is 26.0 Å². The molecular weight excluding hydrogens is 284 g/mol. The summed E-state index contributed by atoms with van der Waals surface area (Å²) >= 11 is 8.87. The summed E-state index contributed by atoms with van der Waals surface area (Å²) in [6, 6.07) is 6.12. The Morgan fingerprint density at radius 3 is 2.80 bits per heavy atom. The maximum absolute atomic E-state index is 13.5. The Hall–Kier alpha value is -0.870. The van der Waals surface area contributed by atoms with Crippen LogP contribution in [0.1, 0.15) is 5.76 Å². The minimum absolute atomic E-state index is 0.362. The fraction of sp³-hybridized carbons (Fsp3) is 0.100. The van der Waals surface area contributed by atoms with Gasteiger partial charge in [-0.3, -0.25) is 0 Å². The Morgan fingerprint density at radius 2 is 2.20 bits per heavy atom. The molecule has 0 amide bonds. The third kappa shape index (κ3) is 2.21. The van der Waals surface area contributed by atoms with Crippen LogP contribution in [0.15, 0.2) is 28.8 Å². The van der Waals surface area contributed by atoms with E-state index in [4.69, 9.17) is 16.1 Å². The highest BCUT2D eigenvalue weighted by Gasteiger charge is 2.10. The van der Waals surface area contributed by atoms with Gasteiger partial charge in [0.05, 0.1) is 5.33 Å². The summed E-state index contributed by atoms with van der Waals surface area (Å²) in [6.45, 7) is 0. The fourth-order valence-corrected chi connectivity index (χ4v) is 1.62. The van der Waals surface area contributed by atoms with E-state index < -0.39 is 5.82 Å². The number of halogens is 3. The number of alkyl halides is 1. The second-order valence-corrected chi connectivity index (χ2v) is 3.93. The highest BCUT2D eigenvalue weighted by molar-refractivity contribution is 9.08. The molecule has 2 rings (SSSR count). The van der Waals surface area contributed by atoms with Crippen LogP contribution >= 0.6 is 27.5 Å². The van der Waals surface area contributed by atoms with Crippen LogP contribution in [0.4, 0.5) is 4.39 Å². The molecule has 0 N–H and O–H groups in total. The average Bonchev–Trinajstić information content (AvgIpc) is 2.66. The number of benzene rings is 1. The number of hydrogen-bond acceptors (Lipinski definition) is 2. The summed E-state index contributed by atoms with van der Waals surface area (Å²) in [5.74, 6) is 0.247. The Morgan fingerprint density at radius 1 is 1.40 bits per heavy atom. The average molecular weight is 291 g/mol. The predicted molar refractivity (Wildman–Crippen MR) is 59.5 cm³/mol. The summed E-state index contributed by atoms with van der Waals surface area (Å²) in [5.41, 5.74) is 0.856. The zero-order valence-corrected chi connectivity index (χ0v) is 9.85. The van der Waals surface area contributed by atoms with Crippen LogP contribution in [0.2, 0.25) is 5.02 Å². The summed E-state index contributed by atoms with van der Waals surface area (Å²) in [5, 5.41) is 4.67. The van der Waals surface area contributed by atoms with E-state index in [1.165, 1.54) is 6.07 Å². The van der Waals surface area contributed by atoms with Crippen molar-refractivity contribution in [1.82, 2.24) is 5.16 Å². The first kappa shape index (κ1) is 10.6. The highest BCUT2D eigenvalue weighted by atomic mass is 79.9. The number of rotatable bonds is 2. The SMILES string of the molecule is Fc1cc(Cl)ccc1-c1cc(CBr)on1. The quantitative estimate of drug-likeness (QED) is 0.781. The molecule has 78 valence electrons. The van der Waals surface area contributed by atoms with Crippen molar-refractivity contribution in [3.8, 4) is 11.3 Å². The van der Waals surface area contributed by atoms with Crippen LogP contribution in [0.3, 0.4) is 0 Å². The molecule has 0 aliphatic carbocycles. The molecule has 0 saturated heterocycles. The molecule has 0 saturated carbocycles. The summed E-state index contributed by atoms with van der Waals surface area (Å²) in [7, 11) is 0. The fourth-order valence-electron chi connectivity index (χ4n) is 1.20. The van der Waals surface area contributed by atoms with Gasteiger partial charge in [-0.2, -0.15) is 0 Å². The maximum Gasteiger partial charge on any atom is 0.147 e. The standard InChI is InChI=1S/C10H6BrClFNO/c11-5-7-4-10(14-15-7)8-2-1-6(12)3-9(8)13/h1-4H,5H2. The normalized spacial score (nSPS) is 10.6. The summed E-state index contributed by atoms with van der Waals surface area (Å²) in [4.78, 5) is 0. The van der Waals surface area contributed by atoms with Gasteiger partial charge in [-0.1, -0.05) is 32.7 Å². The van der Waals surface area contributed by atoms with Gasteiger partial charge in [0.15, 0.2) is 0 Å². The molecule has 2 nitrogen and oxygen atoms in total.